The molecule has 0 bridgehead atoms. The van der Waals surface area contributed by atoms with Crippen molar-refractivity contribution >= 4 is 17.3 Å². The van der Waals surface area contributed by atoms with E-state index in [0.717, 1.165) is 25.2 Å². The van der Waals surface area contributed by atoms with Crippen molar-refractivity contribution in [1.82, 2.24) is 9.88 Å². The molecule has 0 unspecified atom stereocenters. The number of rotatable bonds is 9. The summed E-state index contributed by atoms with van der Waals surface area (Å²) in [6.07, 6.45) is 4.29. The molecule has 0 spiro atoms. The van der Waals surface area contributed by atoms with Crippen LogP contribution in [0.4, 0.5) is 11.4 Å². The van der Waals surface area contributed by atoms with Crippen molar-refractivity contribution in [2.24, 2.45) is 0 Å². The zero-order valence-corrected chi connectivity index (χ0v) is 16.8. The molecule has 2 aromatic carbocycles. The van der Waals surface area contributed by atoms with Gasteiger partial charge in [-0.2, -0.15) is 0 Å². The monoisotopic (exact) mass is 390 g/mol. The summed E-state index contributed by atoms with van der Waals surface area (Å²) in [7, 11) is 4.09. The van der Waals surface area contributed by atoms with E-state index >= 15 is 0 Å². The molecule has 2 N–H and O–H groups in total. The molecule has 3 rings (SSSR count). The average molecular weight is 390 g/mol. The topological polar surface area (TPSA) is 66.5 Å². The first-order valence-corrected chi connectivity index (χ1v) is 9.59. The van der Waals surface area contributed by atoms with E-state index in [4.69, 9.17) is 4.74 Å². The van der Waals surface area contributed by atoms with Gasteiger partial charge in [-0.15, -0.1) is 0 Å². The molecule has 3 aromatic rings. The standard InChI is InChI=1S/C23H26N4O2/c1-27(2)14-8-13-25-19-15-18(16-24-17-19)23(28)26-21-11-6-7-12-22(21)29-20-9-4-3-5-10-20/h3-7,9-12,15-17,25H,8,13-14H2,1-2H3,(H,26,28). The molecule has 6 nitrogen and oxygen atoms in total. The molecule has 0 atom stereocenters. The zero-order chi connectivity index (χ0) is 20.5. The molecule has 0 aliphatic carbocycles. The zero-order valence-electron chi connectivity index (χ0n) is 16.8. The van der Waals surface area contributed by atoms with E-state index in [1.807, 2.05) is 68.7 Å². The Morgan fingerprint density at radius 3 is 2.59 bits per heavy atom. The maximum absolute atomic E-state index is 12.7. The van der Waals surface area contributed by atoms with Crippen LogP contribution < -0.4 is 15.4 Å². The lowest BCUT2D eigenvalue weighted by molar-refractivity contribution is 0.102. The second-order valence-corrected chi connectivity index (χ2v) is 6.91. The molecule has 0 aliphatic heterocycles. The van der Waals surface area contributed by atoms with Crippen molar-refractivity contribution < 1.29 is 9.53 Å². The van der Waals surface area contributed by atoms with Gasteiger partial charge in [-0.05, 0) is 57.4 Å². The fraction of sp³-hybridized carbons (Fsp3) is 0.217. The quantitative estimate of drug-likeness (QED) is 0.527. The smallest absolute Gasteiger partial charge is 0.257 e. The van der Waals surface area contributed by atoms with Gasteiger partial charge in [-0.1, -0.05) is 30.3 Å². The van der Waals surface area contributed by atoms with E-state index in [0.29, 0.717) is 22.7 Å². The van der Waals surface area contributed by atoms with Crippen molar-refractivity contribution in [3.63, 3.8) is 0 Å². The van der Waals surface area contributed by atoms with Gasteiger partial charge >= 0.3 is 0 Å². The Morgan fingerprint density at radius 2 is 1.79 bits per heavy atom. The van der Waals surface area contributed by atoms with E-state index in [9.17, 15) is 4.79 Å². The summed E-state index contributed by atoms with van der Waals surface area (Å²) in [6, 6.07) is 18.6. The number of benzene rings is 2. The molecule has 0 fully saturated rings. The highest BCUT2D eigenvalue weighted by molar-refractivity contribution is 6.05. The van der Waals surface area contributed by atoms with Crippen molar-refractivity contribution in [3.8, 4) is 11.5 Å². The first kappa shape index (κ1) is 20.4. The maximum atomic E-state index is 12.7. The third-order valence-corrected chi connectivity index (χ3v) is 4.22. The summed E-state index contributed by atoms with van der Waals surface area (Å²) in [5, 5.41) is 6.23. The number of carbonyl (C=O) groups excluding carboxylic acids is 1. The maximum Gasteiger partial charge on any atom is 0.257 e. The van der Waals surface area contributed by atoms with Crippen LogP contribution in [-0.4, -0.2) is 43.0 Å². The van der Waals surface area contributed by atoms with Crippen LogP contribution in [0.5, 0.6) is 11.5 Å². The van der Waals surface area contributed by atoms with Gasteiger partial charge in [0.25, 0.3) is 5.91 Å². The minimum atomic E-state index is -0.237. The minimum Gasteiger partial charge on any atom is -0.455 e. The number of carbonyl (C=O) groups is 1. The van der Waals surface area contributed by atoms with Crippen molar-refractivity contribution in [2.75, 3.05) is 37.8 Å². The van der Waals surface area contributed by atoms with Gasteiger partial charge in [0, 0.05) is 18.9 Å². The lowest BCUT2D eigenvalue weighted by atomic mass is 10.2. The summed E-state index contributed by atoms with van der Waals surface area (Å²) in [5.74, 6) is 1.05. The van der Waals surface area contributed by atoms with Crippen molar-refractivity contribution in [2.45, 2.75) is 6.42 Å². The van der Waals surface area contributed by atoms with Crippen LogP contribution in [0.15, 0.2) is 73.1 Å². The fourth-order valence-electron chi connectivity index (χ4n) is 2.76. The molecule has 0 saturated carbocycles. The number of pyridine rings is 1. The lowest BCUT2D eigenvalue weighted by Crippen LogP contribution is -2.17. The Hall–Kier alpha value is -3.38. The summed E-state index contributed by atoms with van der Waals surface area (Å²) >= 11 is 0. The number of aromatic nitrogens is 1. The van der Waals surface area contributed by atoms with Crippen LogP contribution in [0, 0.1) is 0 Å². The highest BCUT2D eigenvalue weighted by Gasteiger charge is 2.11. The Labute approximate surface area is 171 Å². The number of ether oxygens (including phenoxy) is 1. The number of nitrogens with one attached hydrogen (secondary N) is 2. The van der Waals surface area contributed by atoms with Gasteiger partial charge in [-0.25, -0.2) is 0 Å². The van der Waals surface area contributed by atoms with Gasteiger partial charge < -0.3 is 20.3 Å². The predicted molar refractivity (Wildman–Crippen MR) is 117 cm³/mol. The molecule has 150 valence electrons. The van der Waals surface area contributed by atoms with E-state index < -0.39 is 0 Å². The van der Waals surface area contributed by atoms with Crippen LogP contribution >= 0.6 is 0 Å². The van der Waals surface area contributed by atoms with E-state index in [1.165, 1.54) is 0 Å². The Morgan fingerprint density at radius 1 is 1.03 bits per heavy atom. The lowest BCUT2D eigenvalue weighted by Gasteiger charge is -2.13. The van der Waals surface area contributed by atoms with Crippen LogP contribution in [0.1, 0.15) is 16.8 Å². The van der Waals surface area contributed by atoms with E-state index in [-0.39, 0.29) is 5.91 Å². The first-order chi connectivity index (χ1) is 14.1. The molecule has 1 amide bonds. The number of anilines is 2. The highest BCUT2D eigenvalue weighted by atomic mass is 16.5. The molecular weight excluding hydrogens is 364 g/mol. The summed E-state index contributed by atoms with van der Waals surface area (Å²) < 4.78 is 5.91. The molecule has 1 aromatic heterocycles. The third kappa shape index (κ3) is 6.33. The summed E-state index contributed by atoms with van der Waals surface area (Å²) in [4.78, 5) is 19.1. The second kappa shape index (κ2) is 10.2. The molecule has 29 heavy (non-hydrogen) atoms. The Bertz CT molecular complexity index is 929. The van der Waals surface area contributed by atoms with Gasteiger partial charge in [-0.3, -0.25) is 9.78 Å². The fourth-order valence-corrected chi connectivity index (χ4v) is 2.76. The van der Waals surface area contributed by atoms with Gasteiger partial charge in [0.1, 0.15) is 5.75 Å². The van der Waals surface area contributed by atoms with Gasteiger partial charge in [0.05, 0.1) is 16.9 Å². The number of para-hydroxylation sites is 3. The van der Waals surface area contributed by atoms with Crippen LogP contribution in [0.3, 0.4) is 0 Å². The molecular formula is C23H26N4O2. The van der Waals surface area contributed by atoms with Crippen molar-refractivity contribution in [1.29, 1.82) is 0 Å². The second-order valence-electron chi connectivity index (χ2n) is 6.91. The summed E-state index contributed by atoms with van der Waals surface area (Å²) in [5.41, 5.74) is 1.91. The third-order valence-electron chi connectivity index (χ3n) is 4.22. The molecule has 0 aliphatic rings. The Kier molecular flexibility index (Phi) is 7.19. The molecule has 6 heteroatoms. The average Bonchev–Trinajstić information content (AvgIpc) is 2.73. The molecule has 0 radical (unpaired) electrons. The SMILES string of the molecule is CN(C)CCCNc1cncc(C(=O)Nc2ccccc2Oc2ccccc2)c1. The van der Waals surface area contributed by atoms with Crippen molar-refractivity contribution in [3.05, 3.63) is 78.6 Å². The van der Waals surface area contributed by atoms with E-state index in [2.05, 4.69) is 20.5 Å². The molecule has 0 saturated heterocycles. The van der Waals surface area contributed by atoms with E-state index in [1.54, 1.807) is 18.5 Å². The van der Waals surface area contributed by atoms with Gasteiger partial charge in [0.15, 0.2) is 5.75 Å². The highest BCUT2D eigenvalue weighted by Crippen LogP contribution is 2.29. The number of nitrogens with zero attached hydrogens (tertiary/aromatic N) is 2. The summed E-state index contributed by atoms with van der Waals surface area (Å²) in [6.45, 7) is 1.82. The van der Waals surface area contributed by atoms with Crippen LogP contribution in [0.25, 0.3) is 0 Å². The molecule has 1 heterocycles. The largest absolute Gasteiger partial charge is 0.455 e. The van der Waals surface area contributed by atoms with Crippen LogP contribution in [-0.2, 0) is 0 Å². The Balaban J connectivity index is 1.65. The number of hydrogen-bond donors (Lipinski definition) is 2. The predicted octanol–water partition coefficient (Wildman–Crippen LogP) is 4.49. The first-order valence-electron chi connectivity index (χ1n) is 9.59. The van der Waals surface area contributed by atoms with Gasteiger partial charge in [0.2, 0.25) is 0 Å². The minimum absolute atomic E-state index is 0.237. The number of hydrogen-bond acceptors (Lipinski definition) is 5. The van der Waals surface area contributed by atoms with Crippen LogP contribution in [0.2, 0.25) is 0 Å². The normalized spacial score (nSPS) is 10.6. The number of amides is 1.